The molecule has 0 aliphatic heterocycles. The second-order valence-corrected chi connectivity index (χ2v) is 3.08. The molecule has 9 heteroatoms. The molecule has 0 bridgehead atoms. The van der Waals surface area contributed by atoms with Gasteiger partial charge >= 0.3 is 12.1 Å². The van der Waals surface area contributed by atoms with Crippen LogP contribution in [0.4, 0.5) is 10.7 Å². The number of aromatic nitrogens is 1. The molecular weight excluding hydrogens is 260 g/mol. The minimum atomic E-state index is -1.41. The third-order valence-corrected chi connectivity index (χ3v) is 1.75. The molecule has 1 amide bonds. The number of aliphatic hydroxyl groups excluding tert-OH is 1. The molecule has 0 saturated heterocycles. The molecule has 19 heavy (non-hydrogen) atoms. The van der Waals surface area contributed by atoms with Gasteiger partial charge in [0.05, 0.1) is 6.61 Å². The molecule has 1 aromatic rings. The van der Waals surface area contributed by atoms with E-state index < -0.39 is 23.5 Å². The van der Waals surface area contributed by atoms with Crippen LogP contribution in [-0.4, -0.2) is 47.3 Å². The molecule has 0 spiro atoms. The first-order valence-electron chi connectivity index (χ1n) is 5.11. The second kappa shape index (κ2) is 7.01. The summed E-state index contributed by atoms with van der Waals surface area (Å²) in [5, 5.41) is 22.9. The smallest absolute Gasteiger partial charge is 0.414 e. The van der Waals surface area contributed by atoms with Gasteiger partial charge in [-0.05, 0) is 5.16 Å². The van der Waals surface area contributed by atoms with Crippen molar-refractivity contribution in [2.75, 3.05) is 25.1 Å². The number of carboxylic acids is 1. The topological polar surface area (TPSA) is 131 Å². The van der Waals surface area contributed by atoms with Crippen molar-refractivity contribution in [1.82, 2.24) is 5.16 Å². The van der Waals surface area contributed by atoms with Crippen molar-refractivity contribution in [3.63, 3.8) is 0 Å². The van der Waals surface area contributed by atoms with Crippen LogP contribution in [0.25, 0.3) is 0 Å². The molecule has 1 aromatic heterocycles. The maximum absolute atomic E-state index is 11.2. The van der Waals surface area contributed by atoms with Crippen LogP contribution in [0.2, 0.25) is 0 Å². The number of hydrogen-bond donors (Lipinski definition) is 3. The quantitative estimate of drug-likeness (QED) is 0.610. The summed E-state index contributed by atoms with van der Waals surface area (Å²) in [5.74, 6) is -2.18. The minimum Gasteiger partial charge on any atom is -0.477 e. The number of carbonyl (C=O) groups is 2. The van der Waals surface area contributed by atoms with E-state index in [1.54, 1.807) is 0 Å². The molecule has 1 heterocycles. The number of aromatic carboxylic acids is 1. The van der Waals surface area contributed by atoms with Crippen molar-refractivity contribution in [3.05, 3.63) is 18.2 Å². The molecule has 0 fully saturated rings. The van der Waals surface area contributed by atoms with E-state index in [0.717, 1.165) is 0 Å². The minimum absolute atomic E-state index is 0.0454. The lowest BCUT2D eigenvalue weighted by Gasteiger charge is -2.03. The number of rotatable bonds is 7. The summed E-state index contributed by atoms with van der Waals surface area (Å²) in [7, 11) is 0. The van der Waals surface area contributed by atoms with Gasteiger partial charge in [0.1, 0.15) is 13.2 Å². The summed E-state index contributed by atoms with van der Waals surface area (Å²) < 4.78 is 14.1. The van der Waals surface area contributed by atoms with Crippen LogP contribution in [0.1, 0.15) is 10.4 Å². The van der Waals surface area contributed by atoms with Gasteiger partial charge in [-0.3, -0.25) is 5.32 Å². The Morgan fingerprint density at radius 2 is 2.26 bits per heavy atom. The van der Waals surface area contributed by atoms with Crippen LogP contribution in [0, 0.1) is 0 Å². The molecule has 0 aromatic carbocycles. The van der Waals surface area contributed by atoms with E-state index in [4.69, 9.17) is 14.9 Å². The van der Waals surface area contributed by atoms with Crippen molar-refractivity contribution < 1.29 is 33.8 Å². The number of nitrogens with one attached hydrogen (secondary N) is 1. The van der Waals surface area contributed by atoms with Crippen molar-refractivity contribution in [3.8, 4) is 5.88 Å². The first kappa shape index (κ1) is 14.5. The number of carboxylic acid groups (broad SMARTS) is 1. The van der Waals surface area contributed by atoms with E-state index in [2.05, 4.69) is 26.3 Å². The molecule has 9 nitrogen and oxygen atoms in total. The van der Waals surface area contributed by atoms with E-state index in [0.29, 0.717) is 0 Å². The van der Waals surface area contributed by atoms with Gasteiger partial charge in [-0.25, -0.2) is 9.59 Å². The molecule has 0 unspecified atom stereocenters. The summed E-state index contributed by atoms with van der Waals surface area (Å²) in [5.41, 5.74) is -0.469. The number of aliphatic hydroxyl groups is 1. The van der Waals surface area contributed by atoms with Crippen molar-refractivity contribution in [2.24, 2.45) is 0 Å². The Hall–Kier alpha value is -2.55. The highest BCUT2D eigenvalue weighted by Crippen LogP contribution is 2.26. The Labute approximate surface area is 107 Å². The monoisotopic (exact) mass is 272 g/mol. The predicted molar refractivity (Wildman–Crippen MR) is 61.2 cm³/mol. The highest BCUT2D eigenvalue weighted by atomic mass is 16.6. The summed E-state index contributed by atoms with van der Waals surface area (Å²) in [6, 6.07) is 0. The maximum atomic E-state index is 11.2. The largest absolute Gasteiger partial charge is 0.477 e. The number of amides is 1. The van der Waals surface area contributed by atoms with Gasteiger partial charge in [0.15, 0.2) is 5.56 Å². The Morgan fingerprint density at radius 1 is 1.53 bits per heavy atom. The summed E-state index contributed by atoms with van der Waals surface area (Å²) >= 11 is 0. The molecule has 0 aliphatic rings. The molecule has 0 radical (unpaired) electrons. The van der Waals surface area contributed by atoms with Crippen LogP contribution < -0.4 is 10.1 Å². The number of ether oxygens (including phenoxy) is 2. The lowest BCUT2D eigenvalue weighted by Crippen LogP contribution is -2.15. The zero-order valence-electron chi connectivity index (χ0n) is 9.79. The predicted octanol–water partition coefficient (Wildman–Crippen LogP) is 0.478. The van der Waals surface area contributed by atoms with Crippen molar-refractivity contribution in [1.29, 1.82) is 0 Å². The van der Waals surface area contributed by atoms with E-state index >= 15 is 0 Å². The number of carbonyl (C=O) groups excluding carboxylic acids is 1. The van der Waals surface area contributed by atoms with Gasteiger partial charge in [-0.1, -0.05) is 12.7 Å². The number of hydrogen-bond acceptors (Lipinski definition) is 7. The third kappa shape index (κ3) is 4.00. The van der Waals surface area contributed by atoms with Gasteiger partial charge in [0.25, 0.3) is 11.8 Å². The van der Waals surface area contributed by atoms with E-state index in [-0.39, 0.29) is 25.7 Å². The van der Waals surface area contributed by atoms with Crippen LogP contribution in [0.3, 0.4) is 0 Å². The molecular formula is C10H12N2O7. The SMILES string of the molecule is C=CCOC(=O)Nc1onc(OCCO)c1C(=O)O. The maximum Gasteiger partial charge on any atom is 0.414 e. The highest BCUT2D eigenvalue weighted by Gasteiger charge is 2.25. The van der Waals surface area contributed by atoms with Crippen LogP contribution >= 0.6 is 0 Å². The third-order valence-electron chi connectivity index (χ3n) is 1.75. The van der Waals surface area contributed by atoms with Gasteiger partial charge in [0, 0.05) is 0 Å². The Bertz CT molecular complexity index is 468. The fourth-order valence-corrected chi connectivity index (χ4v) is 1.05. The first-order valence-corrected chi connectivity index (χ1v) is 5.11. The van der Waals surface area contributed by atoms with Crippen molar-refractivity contribution >= 4 is 17.9 Å². The molecule has 3 N–H and O–H groups in total. The molecule has 0 aliphatic carbocycles. The lowest BCUT2D eigenvalue weighted by molar-refractivity contribution is 0.0691. The Morgan fingerprint density at radius 3 is 2.84 bits per heavy atom. The Kier molecular flexibility index (Phi) is 5.35. The Balaban J connectivity index is 2.82. The second-order valence-electron chi connectivity index (χ2n) is 3.08. The van der Waals surface area contributed by atoms with E-state index in [1.165, 1.54) is 6.08 Å². The molecule has 1 rings (SSSR count). The van der Waals surface area contributed by atoms with E-state index in [1.807, 2.05) is 0 Å². The zero-order valence-corrected chi connectivity index (χ0v) is 9.79. The van der Waals surface area contributed by atoms with Crippen molar-refractivity contribution in [2.45, 2.75) is 0 Å². The standard InChI is InChI=1S/C10H12N2O7/c1-2-4-18-10(16)11-7-6(9(14)15)8(12-19-7)17-5-3-13/h2,13H,1,3-5H2,(H,11,16)(H,14,15). The average Bonchev–Trinajstić information content (AvgIpc) is 2.76. The van der Waals surface area contributed by atoms with Crippen LogP contribution in [0.15, 0.2) is 17.2 Å². The van der Waals surface area contributed by atoms with Crippen LogP contribution in [-0.2, 0) is 4.74 Å². The van der Waals surface area contributed by atoms with Gasteiger partial charge in [-0.2, -0.15) is 0 Å². The fourth-order valence-electron chi connectivity index (χ4n) is 1.05. The highest BCUT2D eigenvalue weighted by molar-refractivity contribution is 5.98. The summed E-state index contributed by atoms with van der Waals surface area (Å²) in [6.45, 7) is 2.82. The molecule has 104 valence electrons. The molecule has 0 atom stereocenters. The number of nitrogens with zero attached hydrogens (tertiary/aromatic N) is 1. The van der Waals surface area contributed by atoms with E-state index in [9.17, 15) is 9.59 Å². The average molecular weight is 272 g/mol. The van der Waals surface area contributed by atoms with Crippen LogP contribution in [0.5, 0.6) is 5.88 Å². The van der Waals surface area contributed by atoms with Gasteiger partial charge in [0.2, 0.25) is 0 Å². The van der Waals surface area contributed by atoms with Gasteiger partial charge in [-0.15, -0.1) is 0 Å². The fraction of sp³-hybridized carbons (Fsp3) is 0.300. The number of anilines is 1. The summed E-state index contributed by atoms with van der Waals surface area (Å²) in [4.78, 5) is 22.2. The zero-order chi connectivity index (χ0) is 14.3. The normalized spacial score (nSPS) is 9.74. The molecule has 0 saturated carbocycles. The van der Waals surface area contributed by atoms with Gasteiger partial charge < -0.3 is 24.2 Å². The summed E-state index contributed by atoms with van der Waals surface area (Å²) in [6.07, 6.45) is 0.417. The first-order chi connectivity index (χ1) is 9.10. The lowest BCUT2D eigenvalue weighted by atomic mass is 10.3.